The van der Waals surface area contributed by atoms with Crippen molar-refractivity contribution in [2.24, 2.45) is 5.16 Å². The number of nitrogens with one attached hydrogen (secondary N) is 4. The Morgan fingerprint density at radius 1 is 1.30 bits per heavy atom. The first-order valence-electron chi connectivity index (χ1n) is 13.2. The largest absolute Gasteiger partial charge is 0.489 e. The molecule has 46 heavy (non-hydrogen) atoms. The second-order valence-electron chi connectivity index (χ2n) is 9.95. The topological polar surface area (TPSA) is 259 Å². The van der Waals surface area contributed by atoms with Gasteiger partial charge in [0.25, 0.3) is 17.9 Å². The lowest BCUT2D eigenvalue weighted by Crippen LogP contribution is -2.71. The summed E-state index contributed by atoms with van der Waals surface area (Å²) in [7, 11) is -4.99. The van der Waals surface area contributed by atoms with Gasteiger partial charge in [0.05, 0.1) is 6.04 Å². The zero-order valence-corrected chi connectivity index (χ0v) is 25.2. The number of benzene rings is 1. The molecule has 250 valence electrons. The Kier molecular flexibility index (Phi) is 10.0. The number of nitrogen functional groups attached to an aromatic ring is 1. The number of carbonyl (C=O) groups excluding carboxylic acids is 2. The van der Waals surface area contributed by atoms with Crippen molar-refractivity contribution in [2.75, 3.05) is 25.4 Å². The fraction of sp³-hybridized carbons (Fsp3) is 0.417. The molecular weight excluding hydrogens is 665 g/mol. The fourth-order valence-corrected chi connectivity index (χ4v) is 6.00. The number of carboxylic acid groups (broad SMARTS) is 1. The van der Waals surface area contributed by atoms with Crippen LogP contribution in [-0.4, -0.2) is 101 Å². The Labute approximate surface area is 262 Å². The Balaban J connectivity index is 1.51. The number of halogens is 3. The monoisotopic (exact) mass is 692 g/mol. The summed E-state index contributed by atoms with van der Waals surface area (Å²) in [5.41, 5.74) is 3.58. The number of aliphatic carboxylic acids is 1. The van der Waals surface area contributed by atoms with Crippen LogP contribution in [-0.2, 0) is 35.7 Å². The zero-order valence-electron chi connectivity index (χ0n) is 23.6. The number of oxime groups is 1. The molecule has 17 nitrogen and oxygen atoms in total. The molecule has 4 atom stereocenters. The standard InChI is InChI=1S/C24H27F3N8O9S2/c1-10-15(21(37)35(10)46(40,41)42)32-20(36)17(16-18(24(25,26)27)45-23(29)33-16)34-44-14(22(38)39)9-43-13-4-2-11(3-5-13)19(28)31-12-6-7-30-8-12/h2-5,10,12,14-15,30H,6-9H2,1H3,(H2,28,31)(H2,29,33)(H,32,36)(H,38,39)(H,40,41,42)/b34-17-/t10-,12-,14?,15+/m1/s1. The van der Waals surface area contributed by atoms with Gasteiger partial charge in [-0.1, -0.05) is 16.5 Å². The molecule has 1 aromatic heterocycles. The summed E-state index contributed by atoms with van der Waals surface area (Å²) in [6.45, 7) is 1.91. The number of hydrogen-bond acceptors (Lipinski definition) is 13. The highest BCUT2D eigenvalue weighted by molar-refractivity contribution is 7.84. The minimum atomic E-state index is -5.10. The number of alkyl halides is 3. The number of nitrogens with two attached hydrogens (primary N) is 1. The van der Waals surface area contributed by atoms with Crippen molar-refractivity contribution in [1.29, 1.82) is 5.41 Å². The third kappa shape index (κ3) is 7.81. The number of β-lactam (4-membered cyclic amide) rings is 1. The van der Waals surface area contributed by atoms with E-state index in [1.54, 1.807) is 12.1 Å². The molecule has 0 bridgehead atoms. The van der Waals surface area contributed by atoms with Crippen molar-refractivity contribution < 1.29 is 55.2 Å². The Hall–Kier alpha value is -4.54. The van der Waals surface area contributed by atoms with E-state index in [0.29, 0.717) is 12.1 Å². The van der Waals surface area contributed by atoms with E-state index in [4.69, 9.17) is 25.3 Å². The van der Waals surface area contributed by atoms with Gasteiger partial charge < -0.3 is 36.4 Å². The SMILES string of the molecule is C[C@@H]1[C@H](NC(=O)/C(=N\OC(COc2ccc(C(=N)N[C@@H]3CCNC3)cc2)C(=O)O)c2nc(N)sc2C(F)(F)F)C(=O)N1S(=O)(=O)O. The Morgan fingerprint density at radius 2 is 1.98 bits per heavy atom. The molecule has 2 fully saturated rings. The third-order valence-electron chi connectivity index (χ3n) is 6.71. The average molecular weight is 693 g/mol. The van der Waals surface area contributed by atoms with Gasteiger partial charge in [-0.25, -0.2) is 14.1 Å². The number of thiazole rings is 1. The molecule has 0 spiro atoms. The van der Waals surface area contributed by atoms with Gasteiger partial charge in [0.15, 0.2) is 10.8 Å². The highest BCUT2D eigenvalue weighted by Crippen LogP contribution is 2.38. The molecule has 2 aromatic rings. The minimum absolute atomic E-state index is 0.0318. The number of anilines is 1. The lowest BCUT2D eigenvalue weighted by Gasteiger charge is -2.42. The van der Waals surface area contributed by atoms with Crippen LogP contribution in [0.4, 0.5) is 18.3 Å². The number of nitrogens with zero attached hydrogens (tertiary/aromatic N) is 3. The molecule has 1 aromatic carbocycles. The van der Waals surface area contributed by atoms with E-state index in [1.165, 1.54) is 12.1 Å². The van der Waals surface area contributed by atoms with E-state index < -0.39 is 80.5 Å². The second kappa shape index (κ2) is 13.4. The highest BCUT2D eigenvalue weighted by atomic mass is 32.2. The molecule has 2 aliphatic heterocycles. The summed E-state index contributed by atoms with van der Waals surface area (Å²) < 4.78 is 78.6. The van der Waals surface area contributed by atoms with Crippen LogP contribution >= 0.6 is 11.3 Å². The van der Waals surface area contributed by atoms with Crippen molar-refractivity contribution in [3.63, 3.8) is 0 Å². The summed E-state index contributed by atoms with van der Waals surface area (Å²) in [5, 5.41) is 28.7. The third-order valence-corrected chi connectivity index (χ3v) is 8.65. The van der Waals surface area contributed by atoms with Gasteiger partial charge >= 0.3 is 22.4 Å². The number of hydrogen-bond donors (Lipinski definition) is 7. The minimum Gasteiger partial charge on any atom is -0.489 e. The van der Waals surface area contributed by atoms with E-state index in [0.717, 1.165) is 19.9 Å². The predicted molar refractivity (Wildman–Crippen MR) is 154 cm³/mol. The first-order valence-corrected chi connectivity index (χ1v) is 15.4. The van der Waals surface area contributed by atoms with Gasteiger partial charge in [-0.2, -0.15) is 21.6 Å². The van der Waals surface area contributed by atoms with Crippen LogP contribution in [0.1, 0.15) is 29.5 Å². The first kappa shape index (κ1) is 34.3. The number of amidine groups is 1. The van der Waals surface area contributed by atoms with Crippen LogP contribution in [0.5, 0.6) is 5.75 Å². The van der Waals surface area contributed by atoms with E-state index in [9.17, 15) is 41.1 Å². The van der Waals surface area contributed by atoms with Crippen LogP contribution < -0.4 is 26.4 Å². The van der Waals surface area contributed by atoms with E-state index >= 15 is 0 Å². The second-order valence-corrected chi connectivity index (χ2v) is 12.3. The molecule has 2 saturated heterocycles. The predicted octanol–water partition coefficient (Wildman–Crippen LogP) is -0.208. The summed E-state index contributed by atoms with van der Waals surface area (Å²) in [5.74, 6) is -4.21. The van der Waals surface area contributed by atoms with Gasteiger partial charge in [0.2, 0.25) is 0 Å². The van der Waals surface area contributed by atoms with Crippen LogP contribution in [0.15, 0.2) is 29.4 Å². The van der Waals surface area contributed by atoms with Crippen molar-refractivity contribution in [3.8, 4) is 5.75 Å². The van der Waals surface area contributed by atoms with Crippen LogP contribution in [0.2, 0.25) is 0 Å². The van der Waals surface area contributed by atoms with Gasteiger partial charge in [0.1, 0.15) is 34.8 Å². The number of aromatic nitrogens is 1. The van der Waals surface area contributed by atoms with Crippen LogP contribution in [0.3, 0.4) is 0 Å². The maximum absolute atomic E-state index is 13.7. The maximum atomic E-state index is 13.7. The van der Waals surface area contributed by atoms with Crippen LogP contribution in [0.25, 0.3) is 0 Å². The zero-order chi connectivity index (χ0) is 34.0. The molecule has 3 heterocycles. The van der Waals surface area contributed by atoms with E-state index in [-0.39, 0.29) is 33.3 Å². The molecule has 22 heteroatoms. The van der Waals surface area contributed by atoms with Crippen molar-refractivity contribution in [2.45, 2.75) is 43.8 Å². The van der Waals surface area contributed by atoms with Gasteiger partial charge in [0, 0.05) is 18.2 Å². The molecule has 4 rings (SSSR count). The average Bonchev–Trinajstić information content (AvgIpc) is 3.62. The number of ether oxygens (including phenoxy) is 1. The molecule has 2 amide bonds. The lowest BCUT2D eigenvalue weighted by molar-refractivity contribution is -0.152. The lowest BCUT2D eigenvalue weighted by atomic mass is 10.0. The normalized spacial score (nSPS) is 20.9. The maximum Gasteiger partial charge on any atom is 0.427 e. The summed E-state index contributed by atoms with van der Waals surface area (Å²) in [6, 6.07) is 3.10. The number of rotatable bonds is 12. The number of carbonyl (C=O) groups is 3. The summed E-state index contributed by atoms with van der Waals surface area (Å²) >= 11 is -0.0556. The molecular formula is C24H27F3N8O9S2. The molecule has 8 N–H and O–H groups in total. The number of carboxylic acids is 1. The van der Waals surface area contributed by atoms with Crippen molar-refractivity contribution in [3.05, 3.63) is 40.4 Å². The fourth-order valence-electron chi connectivity index (χ4n) is 4.41. The quantitative estimate of drug-likeness (QED) is 0.0500. The first-order chi connectivity index (χ1) is 21.5. The summed E-state index contributed by atoms with van der Waals surface area (Å²) in [6.07, 6.45) is -6.24. The van der Waals surface area contributed by atoms with E-state index in [1.807, 2.05) is 5.32 Å². The van der Waals surface area contributed by atoms with Gasteiger partial charge in [-0.15, -0.1) is 0 Å². The van der Waals surface area contributed by atoms with Gasteiger partial charge in [-0.05, 0) is 44.2 Å². The van der Waals surface area contributed by atoms with E-state index in [2.05, 4.69) is 20.8 Å². The van der Waals surface area contributed by atoms with Gasteiger partial charge in [-0.3, -0.25) is 19.6 Å². The summed E-state index contributed by atoms with van der Waals surface area (Å²) in [4.78, 5) is 44.1. The van der Waals surface area contributed by atoms with Crippen molar-refractivity contribution in [1.82, 2.24) is 25.2 Å². The molecule has 2 aliphatic rings. The molecule has 0 aliphatic carbocycles. The smallest absolute Gasteiger partial charge is 0.427 e. The van der Waals surface area contributed by atoms with Crippen molar-refractivity contribution >= 4 is 56.1 Å². The highest BCUT2D eigenvalue weighted by Gasteiger charge is 2.52. The van der Waals surface area contributed by atoms with Crippen LogP contribution in [0, 0.1) is 5.41 Å². The number of amides is 2. The molecule has 1 unspecified atom stereocenters. The molecule has 0 radical (unpaired) electrons. The molecule has 0 saturated carbocycles. The Bertz CT molecular complexity index is 1640. The Morgan fingerprint density at radius 3 is 2.52 bits per heavy atom.